The van der Waals surface area contributed by atoms with Gasteiger partial charge in [-0.1, -0.05) is 48.0 Å². The zero-order chi connectivity index (χ0) is 28.7. The van der Waals surface area contributed by atoms with Crippen molar-refractivity contribution in [1.82, 2.24) is 4.72 Å². The second-order valence-corrected chi connectivity index (χ2v) is 11.8. The molecule has 0 bridgehead atoms. The maximum atomic E-state index is 13.3. The summed E-state index contributed by atoms with van der Waals surface area (Å²) in [6, 6.07) is 21.0. The number of aryl methyl sites for hydroxylation is 1. The highest BCUT2D eigenvalue weighted by atomic mass is 35.5. The van der Waals surface area contributed by atoms with E-state index in [1.807, 2.05) is 12.1 Å². The molecule has 0 heterocycles. The van der Waals surface area contributed by atoms with Crippen molar-refractivity contribution in [1.29, 1.82) is 0 Å². The third-order valence-electron chi connectivity index (χ3n) is 6.84. The van der Waals surface area contributed by atoms with Gasteiger partial charge >= 0.3 is 6.18 Å². The molecule has 1 amide bonds. The first kappa shape index (κ1) is 27.9. The average molecular weight is 585 g/mol. The van der Waals surface area contributed by atoms with E-state index in [2.05, 4.69) is 10.0 Å². The fraction of sp³-hybridized carbons (Fsp3) is 0.167. The summed E-state index contributed by atoms with van der Waals surface area (Å²) in [5.74, 6) is -0.408. The van der Waals surface area contributed by atoms with E-state index in [1.165, 1.54) is 24.3 Å². The van der Waals surface area contributed by atoms with Gasteiger partial charge in [-0.05, 0) is 96.1 Å². The van der Waals surface area contributed by atoms with E-state index in [0.717, 1.165) is 28.8 Å². The van der Waals surface area contributed by atoms with Crippen LogP contribution in [0.4, 0.5) is 18.9 Å². The van der Waals surface area contributed by atoms with E-state index in [9.17, 15) is 26.4 Å². The molecule has 1 unspecified atom stereocenters. The molecule has 5 nitrogen and oxygen atoms in total. The van der Waals surface area contributed by atoms with Crippen LogP contribution >= 0.6 is 11.6 Å². The van der Waals surface area contributed by atoms with Crippen molar-refractivity contribution >= 4 is 33.2 Å². The summed E-state index contributed by atoms with van der Waals surface area (Å²) in [5, 5.41) is 3.21. The van der Waals surface area contributed by atoms with Gasteiger partial charge in [0.05, 0.1) is 10.5 Å². The highest BCUT2D eigenvalue weighted by Gasteiger charge is 2.30. The van der Waals surface area contributed by atoms with Gasteiger partial charge in [0.2, 0.25) is 10.0 Å². The second-order valence-electron chi connectivity index (χ2n) is 9.69. The fourth-order valence-corrected chi connectivity index (χ4v) is 6.50. The molecule has 0 saturated heterocycles. The van der Waals surface area contributed by atoms with Gasteiger partial charge in [0, 0.05) is 22.3 Å². The maximum absolute atomic E-state index is 13.3. The molecule has 5 rings (SSSR count). The van der Waals surface area contributed by atoms with Crippen LogP contribution in [-0.4, -0.2) is 20.4 Å². The smallest absolute Gasteiger partial charge is 0.322 e. The van der Waals surface area contributed by atoms with Gasteiger partial charge in [-0.25, -0.2) is 13.1 Å². The van der Waals surface area contributed by atoms with Crippen molar-refractivity contribution in [2.45, 2.75) is 36.9 Å². The van der Waals surface area contributed by atoms with Crippen LogP contribution in [0.15, 0.2) is 89.8 Å². The number of carbonyl (C=O) groups excluding carboxylic acids is 1. The number of benzene rings is 4. The topological polar surface area (TPSA) is 75.3 Å². The van der Waals surface area contributed by atoms with Crippen molar-refractivity contribution < 1.29 is 26.4 Å². The number of alkyl halides is 3. The minimum atomic E-state index is -4.45. The molecule has 40 heavy (non-hydrogen) atoms. The molecule has 0 aliphatic heterocycles. The molecule has 0 aromatic heterocycles. The van der Waals surface area contributed by atoms with Crippen LogP contribution < -0.4 is 10.0 Å². The molecule has 0 fully saturated rings. The molecular formula is C30H24ClF3N2O3S. The van der Waals surface area contributed by atoms with Crippen molar-refractivity contribution in [3.8, 4) is 11.1 Å². The largest absolute Gasteiger partial charge is 0.416 e. The monoisotopic (exact) mass is 584 g/mol. The van der Waals surface area contributed by atoms with Crippen LogP contribution in [0.2, 0.25) is 5.02 Å². The summed E-state index contributed by atoms with van der Waals surface area (Å²) in [6.07, 6.45) is -3.51. The van der Waals surface area contributed by atoms with Crippen LogP contribution in [0.3, 0.4) is 0 Å². The van der Waals surface area contributed by atoms with E-state index in [4.69, 9.17) is 11.6 Å². The number of hydrogen-bond acceptors (Lipinski definition) is 3. The van der Waals surface area contributed by atoms with Crippen LogP contribution in [0.5, 0.6) is 0 Å². The molecule has 4 aromatic carbocycles. The predicted octanol–water partition coefficient (Wildman–Crippen LogP) is 7.03. The van der Waals surface area contributed by atoms with Crippen molar-refractivity contribution in [3.63, 3.8) is 0 Å². The van der Waals surface area contributed by atoms with Crippen molar-refractivity contribution in [2.24, 2.45) is 0 Å². The third kappa shape index (κ3) is 5.91. The predicted molar refractivity (Wildman–Crippen MR) is 149 cm³/mol. The lowest BCUT2D eigenvalue weighted by Gasteiger charge is -2.15. The van der Waals surface area contributed by atoms with Crippen molar-refractivity contribution in [2.75, 3.05) is 5.32 Å². The molecule has 10 heteroatoms. The summed E-state index contributed by atoms with van der Waals surface area (Å²) < 4.78 is 67.5. The molecule has 1 aliphatic rings. The van der Waals surface area contributed by atoms with E-state index in [0.29, 0.717) is 40.2 Å². The summed E-state index contributed by atoms with van der Waals surface area (Å²) in [4.78, 5) is 13.4. The fourth-order valence-electron chi connectivity index (χ4n) is 4.97. The highest BCUT2D eigenvalue weighted by Crippen LogP contribution is 2.34. The molecule has 2 N–H and O–H groups in total. The molecule has 0 spiro atoms. The Balaban J connectivity index is 1.33. The summed E-state index contributed by atoms with van der Waals surface area (Å²) in [5.41, 5.74) is 3.76. The standard InChI is InChI=1S/C30H24ClF3N2O3S/c1-18-4-2-7-27(28(18)19-8-11-22(12-9-19)30(32,33)34)29(37)35-24-13-10-20-14-25(16-21(20)15-24)36-40(38,39)26-6-3-5-23(31)17-26/h2-13,15,17,25,36H,14,16H2,1H3,(H,35,37). The Morgan fingerprint density at radius 1 is 0.900 bits per heavy atom. The first-order valence-electron chi connectivity index (χ1n) is 12.4. The number of anilines is 1. The lowest BCUT2D eigenvalue weighted by Crippen LogP contribution is -2.35. The molecule has 4 aromatic rings. The van der Waals surface area contributed by atoms with Gasteiger partial charge in [0.15, 0.2) is 0 Å². The number of amides is 1. The number of fused-ring (bicyclic) bond motifs is 1. The third-order valence-corrected chi connectivity index (χ3v) is 8.60. The van der Waals surface area contributed by atoms with Gasteiger partial charge in [0.25, 0.3) is 5.91 Å². The summed E-state index contributed by atoms with van der Waals surface area (Å²) in [6.45, 7) is 1.80. The molecule has 1 atom stereocenters. The number of sulfonamides is 1. The van der Waals surface area contributed by atoms with Gasteiger partial charge < -0.3 is 5.32 Å². The van der Waals surface area contributed by atoms with E-state index in [1.54, 1.807) is 43.3 Å². The Morgan fingerprint density at radius 3 is 2.30 bits per heavy atom. The number of rotatable bonds is 6. The van der Waals surface area contributed by atoms with E-state index < -0.39 is 27.7 Å². The molecule has 0 radical (unpaired) electrons. The number of hydrogen-bond donors (Lipinski definition) is 2. The Hall–Kier alpha value is -3.66. The van der Waals surface area contributed by atoms with E-state index in [-0.39, 0.29) is 10.9 Å². The first-order chi connectivity index (χ1) is 18.9. The molecular weight excluding hydrogens is 561 g/mol. The lowest BCUT2D eigenvalue weighted by atomic mass is 9.93. The van der Waals surface area contributed by atoms with Crippen LogP contribution in [-0.2, 0) is 29.0 Å². The first-order valence-corrected chi connectivity index (χ1v) is 14.2. The quantitative estimate of drug-likeness (QED) is 0.255. The number of carbonyl (C=O) groups is 1. The Kier molecular flexibility index (Phi) is 7.48. The second kappa shape index (κ2) is 10.7. The van der Waals surface area contributed by atoms with Gasteiger partial charge in [-0.2, -0.15) is 13.2 Å². The van der Waals surface area contributed by atoms with Gasteiger partial charge in [0.1, 0.15) is 0 Å². The highest BCUT2D eigenvalue weighted by molar-refractivity contribution is 7.89. The Morgan fingerprint density at radius 2 is 1.60 bits per heavy atom. The van der Waals surface area contributed by atoms with Crippen LogP contribution in [0.1, 0.15) is 32.6 Å². The average Bonchev–Trinajstić information content (AvgIpc) is 3.29. The number of nitrogens with one attached hydrogen (secondary N) is 2. The number of halogens is 4. The van der Waals surface area contributed by atoms with Gasteiger partial charge in [-0.3, -0.25) is 4.79 Å². The van der Waals surface area contributed by atoms with Crippen LogP contribution in [0, 0.1) is 6.92 Å². The minimum Gasteiger partial charge on any atom is -0.322 e. The summed E-state index contributed by atoms with van der Waals surface area (Å²) >= 11 is 5.95. The Labute approximate surface area is 235 Å². The minimum absolute atomic E-state index is 0.0888. The zero-order valence-electron chi connectivity index (χ0n) is 21.2. The zero-order valence-corrected chi connectivity index (χ0v) is 22.8. The normalized spacial score (nSPS) is 15.1. The molecule has 206 valence electrons. The lowest BCUT2D eigenvalue weighted by molar-refractivity contribution is -0.137. The van der Waals surface area contributed by atoms with Crippen LogP contribution in [0.25, 0.3) is 11.1 Å². The summed E-state index contributed by atoms with van der Waals surface area (Å²) in [7, 11) is -3.76. The van der Waals surface area contributed by atoms with Crippen molar-refractivity contribution in [3.05, 3.63) is 118 Å². The van der Waals surface area contributed by atoms with E-state index >= 15 is 0 Å². The van der Waals surface area contributed by atoms with Gasteiger partial charge in [-0.15, -0.1) is 0 Å². The molecule has 0 saturated carbocycles. The molecule has 1 aliphatic carbocycles. The Bertz CT molecular complexity index is 1700. The SMILES string of the molecule is Cc1cccc(C(=O)Nc2ccc3c(c2)CC(NS(=O)(=O)c2cccc(Cl)c2)C3)c1-c1ccc(C(F)(F)F)cc1. The maximum Gasteiger partial charge on any atom is 0.416 e.